The minimum atomic E-state index is 0.588. The van der Waals surface area contributed by atoms with E-state index in [4.69, 9.17) is 0 Å². The Hall–Kier alpha value is -2.28. The number of benzene rings is 1. The first-order valence-electron chi connectivity index (χ1n) is 5.40. The smallest absolute Gasteiger partial charge is 0.130 e. The highest BCUT2D eigenvalue weighted by Gasteiger charge is 2.09. The van der Waals surface area contributed by atoms with Crippen molar-refractivity contribution in [1.82, 2.24) is 25.0 Å². The zero-order chi connectivity index (χ0) is 12.2. The lowest BCUT2D eigenvalue weighted by Gasteiger charge is -2.01. The van der Waals surface area contributed by atoms with Crippen LogP contribution < -0.4 is 5.32 Å². The molecule has 3 rings (SSSR count). The predicted molar refractivity (Wildman–Crippen MR) is 69.1 cm³/mol. The van der Waals surface area contributed by atoms with Crippen LogP contribution in [0.3, 0.4) is 0 Å². The van der Waals surface area contributed by atoms with E-state index in [1.54, 1.807) is 6.20 Å². The van der Waals surface area contributed by atoms with Crippen LogP contribution in [0, 0.1) is 0 Å². The van der Waals surface area contributed by atoms with Crippen LogP contribution in [-0.4, -0.2) is 25.0 Å². The van der Waals surface area contributed by atoms with E-state index in [2.05, 4.69) is 30.3 Å². The Morgan fingerprint density at radius 2 is 2.06 bits per heavy atom. The molecule has 6 nitrogen and oxygen atoms in total. The van der Waals surface area contributed by atoms with E-state index in [1.165, 1.54) is 11.5 Å². The molecule has 0 saturated carbocycles. The Kier molecular flexibility index (Phi) is 2.97. The molecule has 0 aliphatic heterocycles. The highest BCUT2D eigenvalue weighted by Crippen LogP contribution is 2.20. The summed E-state index contributed by atoms with van der Waals surface area (Å²) in [6, 6.07) is 9.96. The lowest BCUT2D eigenvalue weighted by Crippen LogP contribution is -1.99. The molecule has 2 N–H and O–H groups in total. The van der Waals surface area contributed by atoms with Gasteiger partial charge in [-0.1, -0.05) is 34.8 Å². The molecule has 0 unspecified atom stereocenters. The highest BCUT2D eigenvalue weighted by atomic mass is 32.1. The van der Waals surface area contributed by atoms with E-state index in [-0.39, 0.29) is 0 Å². The summed E-state index contributed by atoms with van der Waals surface area (Å²) in [4.78, 5) is 0. The zero-order valence-electron chi connectivity index (χ0n) is 9.37. The van der Waals surface area contributed by atoms with E-state index in [9.17, 15) is 0 Å². The number of anilines is 1. The molecular weight excluding hydrogens is 248 g/mol. The van der Waals surface area contributed by atoms with Crippen LogP contribution in [0.4, 0.5) is 5.00 Å². The molecule has 0 atom stereocenters. The fourth-order valence-electron chi connectivity index (χ4n) is 1.62. The van der Waals surface area contributed by atoms with Crippen LogP contribution in [0.15, 0.2) is 36.5 Å². The van der Waals surface area contributed by atoms with Crippen LogP contribution in [0.25, 0.3) is 11.3 Å². The summed E-state index contributed by atoms with van der Waals surface area (Å²) in [6.45, 7) is 0.588. The van der Waals surface area contributed by atoms with Gasteiger partial charge in [-0.15, -0.1) is 5.10 Å². The van der Waals surface area contributed by atoms with E-state index < -0.39 is 0 Å². The molecule has 0 aliphatic carbocycles. The molecule has 90 valence electrons. The fourth-order valence-corrected chi connectivity index (χ4v) is 2.03. The number of hydrogen-bond donors (Lipinski definition) is 2. The fraction of sp³-hybridized carbons (Fsp3) is 0.0909. The number of hydrogen-bond acceptors (Lipinski definition) is 6. The van der Waals surface area contributed by atoms with Crippen LogP contribution in [0.1, 0.15) is 5.69 Å². The quantitative estimate of drug-likeness (QED) is 0.747. The summed E-state index contributed by atoms with van der Waals surface area (Å²) in [5.74, 6) is 0. The number of rotatable bonds is 4. The standard InChI is InChI=1S/C11H10N6S/c1-2-4-8(5-3-1)11-9(14-16-15-11)6-12-10-7-13-17-18-10/h1-5,7,12H,6H2,(H,14,15,16). The van der Waals surface area contributed by atoms with Crippen molar-refractivity contribution < 1.29 is 0 Å². The van der Waals surface area contributed by atoms with Gasteiger partial charge in [0, 0.05) is 17.1 Å². The second kappa shape index (κ2) is 4.92. The average molecular weight is 258 g/mol. The molecule has 2 heterocycles. The second-order valence-corrected chi connectivity index (χ2v) is 4.41. The van der Waals surface area contributed by atoms with Crippen molar-refractivity contribution in [2.24, 2.45) is 0 Å². The summed E-state index contributed by atoms with van der Waals surface area (Å²) in [7, 11) is 0. The van der Waals surface area contributed by atoms with Crippen molar-refractivity contribution >= 4 is 16.5 Å². The van der Waals surface area contributed by atoms with Crippen molar-refractivity contribution in [2.45, 2.75) is 6.54 Å². The first kappa shape index (κ1) is 10.8. The van der Waals surface area contributed by atoms with Gasteiger partial charge in [-0.3, -0.25) is 0 Å². The molecule has 2 aromatic heterocycles. The molecule has 0 aliphatic rings. The highest BCUT2D eigenvalue weighted by molar-refractivity contribution is 7.09. The van der Waals surface area contributed by atoms with Gasteiger partial charge in [0.15, 0.2) is 0 Å². The summed E-state index contributed by atoms with van der Waals surface area (Å²) in [5, 5.41) is 18.9. The van der Waals surface area contributed by atoms with Crippen LogP contribution >= 0.6 is 11.5 Å². The molecule has 0 radical (unpaired) electrons. The van der Waals surface area contributed by atoms with Gasteiger partial charge in [0.05, 0.1) is 12.7 Å². The van der Waals surface area contributed by atoms with Crippen molar-refractivity contribution in [3.8, 4) is 11.3 Å². The van der Waals surface area contributed by atoms with E-state index in [1.807, 2.05) is 30.3 Å². The Balaban J connectivity index is 1.80. The molecule has 0 fully saturated rings. The molecule has 7 heteroatoms. The van der Waals surface area contributed by atoms with Gasteiger partial charge in [0.1, 0.15) is 16.4 Å². The number of nitrogens with one attached hydrogen (secondary N) is 2. The molecule has 18 heavy (non-hydrogen) atoms. The normalized spacial score (nSPS) is 10.4. The summed E-state index contributed by atoms with van der Waals surface area (Å²) in [5.41, 5.74) is 2.78. The molecule has 3 aromatic rings. The van der Waals surface area contributed by atoms with E-state index >= 15 is 0 Å². The minimum absolute atomic E-state index is 0.588. The summed E-state index contributed by atoms with van der Waals surface area (Å²) in [6.07, 6.45) is 1.69. The number of nitrogens with zero attached hydrogens (tertiary/aromatic N) is 4. The SMILES string of the molecule is c1ccc(-c2n[nH]nc2CNc2cnns2)cc1. The van der Waals surface area contributed by atoms with Gasteiger partial charge in [-0.2, -0.15) is 15.4 Å². The molecule has 0 bridgehead atoms. The molecular formula is C11H10N6S. The third-order valence-corrected chi connectivity index (χ3v) is 3.08. The lowest BCUT2D eigenvalue weighted by molar-refractivity contribution is 0.912. The maximum Gasteiger partial charge on any atom is 0.130 e. The number of aromatic amines is 1. The summed E-state index contributed by atoms with van der Waals surface area (Å²) >= 11 is 1.32. The third kappa shape index (κ3) is 2.21. The maximum absolute atomic E-state index is 4.18. The van der Waals surface area contributed by atoms with Gasteiger partial charge in [0.2, 0.25) is 0 Å². The van der Waals surface area contributed by atoms with Crippen molar-refractivity contribution in [3.05, 3.63) is 42.2 Å². The van der Waals surface area contributed by atoms with Crippen molar-refractivity contribution in [1.29, 1.82) is 0 Å². The van der Waals surface area contributed by atoms with Crippen LogP contribution in [-0.2, 0) is 6.54 Å². The molecule has 0 spiro atoms. The van der Waals surface area contributed by atoms with Gasteiger partial charge >= 0.3 is 0 Å². The first-order chi connectivity index (χ1) is 8.93. The minimum Gasteiger partial charge on any atom is -0.369 e. The van der Waals surface area contributed by atoms with Crippen molar-refractivity contribution in [2.75, 3.05) is 5.32 Å². The topological polar surface area (TPSA) is 79.4 Å². The molecule has 0 amide bonds. The second-order valence-electron chi connectivity index (χ2n) is 3.62. The average Bonchev–Trinajstić information content (AvgIpc) is 3.09. The Bertz CT molecular complexity index is 604. The van der Waals surface area contributed by atoms with E-state index in [0.29, 0.717) is 6.54 Å². The van der Waals surface area contributed by atoms with Gasteiger partial charge in [-0.25, -0.2) is 0 Å². The Morgan fingerprint density at radius 3 is 2.83 bits per heavy atom. The number of H-pyrrole nitrogens is 1. The van der Waals surface area contributed by atoms with Crippen LogP contribution in [0.5, 0.6) is 0 Å². The largest absolute Gasteiger partial charge is 0.369 e. The van der Waals surface area contributed by atoms with Gasteiger partial charge < -0.3 is 5.32 Å². The van der Waals surface area contributed by atoms with Gasteiger partial charge in [-0.05, 0) is 0 Å². The lowest BCUT2D eigenvalue weighted by atomic mass is 10.1. The maximum atomic E-state index is 4.18. The monoisotopic (exact) mass is 258 g/mol. The first-order valence-corrected chi connectivity index (χ1v) is 6.17. The van der Waals surface area contributed by atoms with Gasteiger partial charge in [0.25, 0.3) is 0 Å². The predicted octanol–water partition coefficient (Wildman–Crippen LogP) is 1.94. The molecule has 0 saturated heterocycles. The molecule has 1 aromatic carbocycles. The van der Waals surface area contributed by atoms with E-state index in [0.717, 1.165) is 22.0 Å². The number of aromatic nitrogens is 5. The summed E-state index contributed by atoms with van der Waals surface area (Å²) < 4.78 is 3.79. The zero-order valence-corrected chi connectivity index (χ0v) is 10.2. The van der Waals surface area contributed by atoms with Crippen molar-refractivity contribution in [3.63, 3.8) is 0 Å². The third-order valence-electron chi connectivity index (χ3n) is 2.46. The van der Waals surface area contributed by atoms with Crippen LogP contribution in [0.2, 0.25) is 0 Å². The Labute approximate surface area is 107 Å². The Morgan fingerprint density at radius 1 is 1.17 bits per heavy atom.